The molecule has 1 saturated heterocycles. The van der Waals surface area contributed by atoms with Crippen molar-refractivity contribution in [3.8, 4) is 0 Å². The number of hydrogen-bond acceptors (Lipinski definition) is 4. The van der Waals surface area contributed by atoms with E-state index in [1.807, 2.05) is 48.5 Å². The summed E-state index contributed by atoms with van der Waals surface area (Å²) in [4.78, 5) is 0.832. The number of sulfonamides is 2. The fourth-order valence-corrected chi connectivity index (χ4v) is 7.92. The van der Waals surface area contributed by atoms with E-state index in [0.29, 0.717) is 35.5 Å². The first-order valence-electron chi connectivity index (χ1n) is 10.9. The Balaban J connectivity index is 1.31. The van der Waals surface area contributed by atoms with Crippen LogP contribution in [0.2, 0.25) is 0 Å². The Morgan fingerprint density at radius 2 is 0.906 bits per heavy atom. The number of piperazine rings is 1. The van der Waals surface area contributed by atoms with Gasteiger partial charge in [-0.3, -0.25) is 0 Å². The van der Waals surface area contributed by atoms with E-state index in [1.54, 1.807) is 12.2 Å². The summed E-state index contributed by atoms with van der Waals surface area (Å²) in [6.07, 6.45) is 5.88. The highest BCUT2D eigenvalue weighted by molar-refractivity contribution is 7.93. The van der Waals surface area contributed by atoms with Crippen molar-refractivity contribution in [1.82, 2.24) is 8.61 Å². The second-order valence-electron chi connectivity index (χ2n) is 8.43. The lowest BCUT2D eigenvalue weighted by Gasteiger charge is -2.35. The fraction of sp³-hybridized carbons (Fsp3) is 0.333. The number of hydrogen-bond donors (Lipinski definition) is 0. The van der Waals surface area contributed by atoms with Gasteiger partial charge in [-0.15, -0.1) is 0 Å². The lowest BCUT2D eigenvalue weighted by molar-refractivity contribution is 0.275. The molecule has 1 fully saturated rings. The first-order valence-corrected chi connectivity index (χ1v) is 13.8. The van der Waals surface area contributed by atoms with E-state index >= 15 is 0 Å². The first-order chi connectivity index (χ1) is 15.4. The normalized spacial score (nSPS) is 20.1. The molecule has 8 heteroatoms. The van der Waals surface area contributed by atoms with Crippen molar-refractivity contribution in [3.05, 3.63) is 80.6 Å². The molecule has 0 saturated carbocycles. The molecule has 2 aliphatic carbocycles. The van der Waals surface area contributed by atoms with E-state index in [4.69, 9.17) is 0 Å². The molecular weight excluding hydrogens is 444 g/mol. The summed E-state index contributed by atoms with van der Waals surface area (Å²) in [5.41, 5.74) is 4.21. The van der Waals surface area contributed by atoms with Crippen molar-refractivity contribution < 1.29 is 16.8 Å². The third kappa shape index (κ3) is 3.85. The van der Waals surface area contributed by atoms with E-state index in [-0.39, 0.29) is 26.2 Å². The van der Waals surface area contributed by atoms with Crippen LogP contribution in [0.15, 0.2) is 58.3 Å². The fourth-order valence-electron chi connectivity index (χ4n) is 4.70. The summed E-state index contributed by atoms with van der Waals surface area (Å²) in [7, 11) is -7.21. The van der Waals surface area contributed by atoms with Crippen LogP contribution in [0.4, 0.5) is 0 Å². The van der Waals surface area contributed by atoms with Crippen molar-refractivity contribution in [2.24, 2.45) is 0 Å². The maximum absolute atomic E-state index is 13.2. The molecule has 2 aromatic rings. The molecule has 0 N–H and O–H groups in total. The van der Waals surface area contributed by atoms with Crippen molar-refractivity contribution in [2.45, 2.75) is 25.7 Å². The van der Waals surface area contributed by atoms with Gasteiger partial charge in [0.25, 0.3) is 0 Å². The van der Waals surface area contributed by atoms with Gasteiger partial charge in [0.2, 0.25) is 20.0 Å². The predicted octanol–water partition coefficient (Wildman–Crippen LogP) is 3.24. The van der Waals surface area contributed by atoms with Crippen LogP contribution in [-0.4, -0.2) is 51.6 Å². The molecule has 0 radical (unpaired) electrons. The molecule has 32 heavy (non-hydrogen) atoms. The quantitative estimate of drug-likeness (QED) is 0.688. The summed E-state index contributed by atoms with van der Waals surface area (Å²) in [6.45, 7) is 0.684. The Kier molecular flexibility index (Phi) is 5.57. The standard InChI is InChI=1S/C24H26N2O4S2/c27-31(28,23-11-9-19-5-1-3-7-21(19)17-23)25-13-15-26(16-14-25)32(29,30)24-12-10-20-6-2-4-8-22(20)18-24/h1-8,17-18H,9-16H2. The number of benzene rings is 2. The monoisotopic (exact) mass is 470 g/mol. The lowest BCUT2D eigenvalue weighted by Crippen LogP contribution is -2.51. The minimum absolute atomic E-state index is 0.171. The van der Waals surface area contributed by atoms with Gasteiger partial charge in [-0.25, -0.2) is 16.8 Å². The molecule has 2 aromatic carbocycles. The van der Waals surface area contributed by atoms with Gasteiger partial charge < -0.3 is 0 Å². The van der Waals surface area contributed by atoms with Crippen LogP contribution in [0.25, 0.3) is 12.2 Å². The average Bonchev–Trinajstić information content (AvgIpc) is 2.83. The molecule has 5 rings (SSSR count). The molecule has 1 aliphatic heterocycles. The third-order valence-corrected chi connectivity index (χ3v) is 10.6. The van der Waals surface area contributed by atoms with Crippen LogP contribution in [0.3, 0.4) is 0 Å². The Morgan fingerprint density at radius 1 is 0.531 bits per heavy atom. The van der Waals surface area contributed by atoms with Crippen molar-refractivity contribution in [2.75, 3.05) is 26.2 Å². The molecule has 0 unspecified atom stereocenters. The number of aryl methyl sites for hydroxylation is 2. The zero-order chi connectivity index (χ0) is 22.3. The van der Waals surface area contributed by atoms with Gasteiger partial charge >= 0.3 is 0 Å². The van der Waals surface area contributed by atoms with Crippen LogP contribution in [-0.2, 0) is 32.9 Å². The third-order valence-electron chi connectivity index (χ3n) is 6.56. The smallest absolute Gasteiger partial charge is 0.207 e. The van der Waals surface area contributed by atoms with Gasteiger partial charge in [0, 0.05) is 26.2 Å². The molecule has 168 valence electrons. The number of fused-ring (bicyclic) bond motifs is 2. The summed E-state index contributed by atoms with van der Waals surface area (Å²) in [6, 6.07) is 15.7. The Hall–Kier alpha value is -2.26. The van der Waals surface area contributed by atoms with Gasteiger partial charge in [-0.2, -0.15) is 8.61 Å². The molecule has 0 spiro atoms. The van der Waals surface area contributed by atoms with E-state index in [1.165, 1.54) is 8.61 Å². The zero-order valence-electron chi connectivity index (χ0n) is 17.8. The summed E-state index contributed by atoms with van der Waals surface area (Å²) in [5, 5.41) is 0. The van der Waals surface area contributed by atoms with Crippen molar-refractivity contribution in [3.63, 3.8) is 0 Å². The van der Waals surface area contributed by atoms with Crippen LogP contribution < -0.4 is 0 Å². The minimum Gasteiger partial charge on any atom is -0.207 e. The maximum atomic E-state index is 13.2. The van der Waals surface area contributed by atoms with E-state index < -0.39 is 20.0 Å². The average molecular weight is 471 g/mol. The number of nitrogens with zero attached hydrogens (tertiary/aromatic N) is 2. The van der Waals surface area contributed by atoms with Crippen molar-refractivity contribution >= 4 is 32.2 Å². The Bertz CT molecular complexity index is 1220. The first kappa shape index (κ1) is 21.6. The lowest BCUT2D eigenvalue weighted by atomic mass is 9.98. The van der Waals surface area contributed by atoms with Gasteiger partial charge in [-0.05, 0) is 60.1 Å². The van der Waals surface area contributed by atoms with Gasteiger partial charge in [0.05, 0.1) is 9.81 Å². The van der Waals surface area contributed by atoms with Crippen LogP contribution in [0, 0.1) is 0 Å². The molecule has 3 aliphatic rings. The van der Waals surface area contributed by atoms with Crippen LogP contribution in [0.1, 0.15) is 35.1 Å². The van der Waals surface area contributed by atoms with E-state index in [9.17, 15) is 16.8 Å². The summed E-state index contributed by atoms with van der Waals surface area (Å²) >= 11 is 0. The highest BCUT2D eigenvalue weighted by atomic mass is 32.2. The highest BCUT2D eigenvalue weighted by Gasteiger charge is 2.36. The second kappa shape index (κ2) is 8.26. The molecule has 1 heterocycles. The van der Waals surface area contributed by atoms with Crippen LogP contribution in [0.5, 0.6) is 0 Å². The topological polar surface area (TPSA) is 74.8 Å². The van der Waals surface area contributed by atoms with Gasteiger partial charge in [0.15, 0.2) is 0 Å². The molecular formula is C24H26N2O4S2. The molecule has 0 amide bonds. The highest BCUT2D eigenvalue weighted by Crippen LogP contribution is 2.32. The second-order valence-corrected chi connectivity index (χ2v) is 12.4. The molecule has 0 bridgehead atoms. The summed E-state index contributed by atoms with van der Waals surface area (Å²) in [5.74, 6) is 0. The van der Waals surface area contributed by atoms with E-state index in [0.717, 1.165) is 22.3 Å². The minimum atomic E-state index is -3.60. The predicted molar refractivity (Wildman–Crippen MR) is 126 cm³/mol. The largest absolute Gasteiger partial charge is 0.239 e. The van der Waals surface area contributed by atoms with Gasteiger partial charge in [-0.1, -0.05) is 48.5 Å². The molecule has 6 nitrogen and oxygen atoms in total. The van der Waals surface area contributed by atoms with Gasteiger partial charge in [0.1, 0.15) is 0 Å². The maximum Gasteiger partial charge on any atom is 0.239 e. The van der Waals surface area contributed by atoms with Crippen LogP contribution >= 0.6 is 0 Å². The Labute approximate surface area is 190 Å². The van der Waals surface area contributed by atoms with E-state index in [2.05, 4.69) is 0 Å². The number of rotatable bonds is 4. The number of allylic oxidation sites excluding steroid dienone is 2. The molecule has 0 aromatic heterocycles. The molecule has 0 atom stereocenters. The summed E-state index contributed by atoms with van der Waals surface area (Å²) < 4.78 is 55.8. The van der Waals surface area contributed by atoms with Crippen molar-refractivity contribution in [1.29, 1.82) is 0 Å². The zero-order valence-corrected chi connectivity index (χ0v) is 19.4. The SMILES string of the molecule is O=S(=O)(C1=Cc2ccccc2CC1)N1CCN(S(=O)(=O)C2=Cc3ccccc3CC2)CC1. The Morgan fingerprint density at radius 3 is 1.31 bits per heavy atom.